The van der Waals surface area contributed by atoms with Crippen LogP contribution < -0.4 is 15.4 Å². The molecule has 2 aromatic rings. The molecule has 0 saturated heterocycles. The number of nitrogens with one attached hydrogen (secondary N) is 2. The van der Waals surface area contributed by atoms with E-state index in [1.165, 1.54) is 12.8 Å². The summed E-state index contributed by atoms with van der Waals surface area (Å²) in [4.78, 5) is 8.98. The van der Waals surface area contributed by atoms with E-state index >= 15 is 0 Å². The number of rotatable bonds is 9. The Morgan fingerprint density at radius 3 is 2.73 bits per heavy atom. The van der Waals surface area contributed by atoms with Crippen LogP contribution in [0.25, 0.3) is 0 Å². The number of aliphatic imine (C=N–C) groups is 1. The summed E-state index contributed by atoms with van der Waals surface area (Å²) in [5, 5.41) is 6.62. The highest BCUT2D eigenvalue weighted by atomic mass is 127. The summed E-state index contributed by atoms with van der Waals surface area (Å²) in [6, 6.07) is 8.02. The first-order chi connectivity index (χ1) is 12.3. The van der Waals surface area contributed by atoms with E-state index in [1.54, 1.807) is 0 Å². The average Bonchev–Trinajstić information content (AvgIpc) is 3.33. The van der Waals surface area contributed by atoms with Crippen LogP contribution in [0.1, 0.15) is 25.3 Å². The normalized spacial score (nSPS) is 13.8. The van der Waals surface area contributed by atoms with Gasteiger partial charge in [0, 0.05) is 44.3 Å². The fourth-order valence-electron chi connectivity index (χ4n) is 2.41. The molecule has 0 bridgehead atoms. The second-order valence-corrected chi connectivity index (χ2v) is 6.30. The van der Waals surface area contributed by atoms with Gasteiger partial charge in [0.1, 0.15) is 0 Å². The van der Waals surface area contributed by atoms with Crippen molar-refractivity contribution in [2.75, 3.05) is 19.7 Å². The van der Waals surface area contributed by atoms with Gasteiger partial charge in [0.05, 0.1) is 13.2 Å². The molecule has 3 rings (SSSR count). The van der Waals surface area contributed by atoms with Gasteiger partial charge in [-0.25, -0.2) is 9.98 Å². The Morgan fingerprint density at radius 2 is 2.08 bits per heavy atom. The summed E-state index contributed by atoms with van der Waals surface area (Å²) >= 11 is 0. The molecule has 7 heteroatoms. The van der Waals surface area contributed by atoms with Gasteiger partial charge >= 0.3 is 0 Å². The molecule has 0 spiro atoms. The zero-order valence-corrected chi connectivity index (χ0v) is 17.6. The molecule has 1 fully saturated rings. The van der Waals surface area contributed by atoms with Crippen LogP contribution in [0.15, 0.2) is 47.8 Å². The molecule has 1 saturated carbocycles. The summed E-state index contributed by atoms with van der Waals surface area (Å²) in [6.07, 6.45) is 8.54. The maximum atomic E-state index is 5.66. The largest absolute Gasteiger partial charge is 0.477 e. The van der Waals surface area contributed by atoms with Crippen molar-refractivity contribution in [3.05, 3.63) is 48.4 Å². The lowest BCUT2D eigenvalue weighted by Gasteiger charge is -2.12. The first kappa shape index (κ1) is 20.5. The Bertz CT molecular complexity index is 653. The molecule has 0 atom stereocenters. The van der Waals surface area contributed by atoms with Gasteiger partial charge in [-0.3, -0.25) is 0 Å². The minimum atomic E-state index is 0. The molecule has 0 amide bonds. The third-order valence-electron chi connectivity index (χ3n) is 4.05. The molecule has 6 nitrogen and oxygen atoms in total. The number of aromatic nitrogens is 2. The Kier molecular flexibility index (Phi) is 8.73. The summed E-state index contributed by atoms with van der Waals surface area (Å²) in [5.74, 6) is 2.27. The second-order valence-electron chi connectivity index (χ2n) is 6.30. The summed E-state index contributed by atoms with van der Waals surface area (Å²) in [5.41, 5.74) is 1.07. The van der Waals surface area contributed by atoms with E-state index < -0.39 is 0 Å². The number of nitrogens with zero attached hydrogens (tertiary/aromatic N) is 3. The topological polar surface area (TPSA) is 63.5 Å². The van der Waals surface area contributed by atoms with Crippen LogP contribution in [0.3, 0.4) is 0 Å². The molecule has 0 aliphatic heterocycles. The van der Waals surface area contributed by atoms with E-state index in [9.17, 15) is 0 Å². The van der Waals surface area contributed by atoms with E-state index in [4.69, 9.17) is 4.74 Å². The SMILES string of the molecule is CCNC(=NCc1ccc(OCC2CC2)nc1)NCCn1cccc1.I. The fourth-order valence-corrected chi connectivity index (χ4v) is 2.41. The monoisotopic (exact) mass is 469 g/mol. The van der Waals surface area contributed by atoms with Crippen LogP contribution in [0.2, 0.25) is 0 Å². The predicted molar refractivity (Wildman–Crippen MR) is 115 cm³/mol. The van der Waals surface area contributed by atoms with Gasteiger partial charge in [0.2, 0.25) is 5.88 Å². The molecular weight excluding hydrogens is 441 g/mol. The Morgan fingerprint density at radius 1 is 1.27 bits per heavy atom. The zero-order valence-electron chi connectivity index (χ0n) is 15.2. The number of halogens is 1. The second kappa shape index (κ2) is 11.1. The molecule has 0 radical (unpaired) electrons. The Labute approximate surface area is 172 Å². The van der Waals surface area contributed by atoms with Crippen LogP contribution in [-0.4, -0.2) is 35.2 Å². The van der Waals surface area contributed by atoms with Gasteiger partial charge < -0.3 is 19.9 Å². The van der Waals surface area contributed by atoms with E-state index in [1.807, 2.05) is 30.5 Å². The smallest absolute Gasteiger partial charge is 0.213 e. The highest BCUT2D eigenvalue weighted by Gasteiger charge is 2.21. The van der Waals surface area contributed by atoms with Crippen LogP contribution in [-0.2, 0) is 13.1 Å². The van der Waals surface area contributed by atoms with Crippen molar-refractivity contribution >= 4 is 29.9 Å². The molecule has 26 heavy (non-hydrogen) atoms. The van der Waals surface area contributed by atoms with E-state index in [0.29, 0.717) is 12.4 Å². The molecule has 0 unspecified atom stereocenters. The van der Waals surface area contributed by atoms with Gasteiger partial charge in [-0.05, 0) is 43.4 Å². The number of hydrogen-bond donors (Lipinski definition) is 2. The minimum Gasteiger partial charge on any atom is -0.477 e. The number of pyridine rings is 1. The summed E-state index contributed by atoms with van der Waals surface area (Å²) in [6.45, 7) is 6.02. The van der Waals surface area contributed by atoms with Gasteiger partial charge in [0.15, 0.2) is 5.96 Å². The minimum absolute atomic E-state index is 0. The summed E-state index contributed by atoms with van der Waals surface area (Å²) in [7, 11) is 0. The number of hydrogen-bond acceptors (Lipinski definition) is 3. The molecule has 1 aliphatic carbocycles. The van der Waals surface area contributed by atoms with Crippen molar-refractivity contribution < 1.29 is 4.74 Å². The van der Waals surface area contributed by atoms with Crippen molar-refractivity contribution in [1.29, 1.82) is 0 Å². The van der Waals surface area contributed by atoms with Gasteiger partial charge in [0.25, 0.3) is 0 Å². The molecular formula is C19H28IN5O. The molecule has 142 valence electrons. The van der Waals surface area contributed by atoms with E-state index in [-0.39, 0.29) is 24.0 Å². The average molecular weight is 469 g/mol. The Balaban J connectivity index is 0.00000243. The van der Waals surface area contributed by atoms with E-state index in [2.05, 4.69) is 44.5 Å². The van der Waals surface area contributed by atoms with Crippen molar-refractivity contribution in [3.8, 4) is 5.88 Å². The van der Waals surface area contributed by atoms with Crippen LogP contribution in [0.5, 0.6) is 5.88 Å². The van der Waals surface area contributed by atoms with Gasteiger partial charge in [-0.2, -0.15) is 0 Å². The van der Waals surface area contributed by atoms with E-state index in [0.717, 1.165) is 43.7 Å². The van der Waals surface area contributed by atoms with Crippen molar-refractivity contribution in [2.24, 2.45) is 10.9 Å². The third-order valence-corrected chi connectivity index (χ3v) is 4.05. The maximum absolute atomic E-state index is 5.66. The molecule has 0 aromatic carbocycles. The van der Waals surface area contributed by atoms with Crippen LogP contribution in [0, 0.1) is 5.92 Å². The van der Waals surface area contributed by atoms with Gasteiger partial charge in [-0.1, -0.05) is 6.07 Å². The molecule has 2 aromatic heterocycles. The Hall–Kier alpha value is -1.77. The van der Waals surface area contributed by atoms with Crippen molar-refractivity contribution in [2.45, 2.75) is 32.9 Å². The lowest BCUT2D eigenvalue weighted by molar-refractivity contribution is 0.288. The fraction of sp³-hybridized carbons (Fsp3) is 0.474. The van der Waals surface area contributed by atoms with Crippen molar-refractivity contribution in [3.63, 3.8) is 0 Å². The lowest BCUT2D eigenvalue weighted by atomic mass is 10.3. The number of ether oxygens (including phenoxy) is 1. The van der Waals surface area contributed by atoms with Gasteiger partial charge in [-0.15, -0.1) is 24.0 Å². The molecule has 2 N–H and O–H groups in total. The first-order valence-corrected chi connectivity index (χ1v) is 9.04. The zero-order chi connectivity index (χ0) is 17.3. The standard InChI is InChI=1S/C19H27N5O.HI/c1-2-20-19(21-9-12-24-10-3-4-11-24)23-14-17-7-8-18(22-13-17)25-15-16-5-6-16;/h3-4,7-8,10-11,13,16H,2,5-6,9,12,14-15H2,1H3,(H2,20,21,23);1H. The van der Waals surface area contributed by atoms with Crippen LogP contribution in [0.4, 0.5) is 0 Å². The lowest BCUT2D eigenvalue weighted by Crippen LogP contribution is -2.38. The molecule has 1 aliphatic rings. The third kappa shape index (κ3) is 7.23. The highest BCUT2D eigenvalue weighted by Crippen LogP contribution is 2.29. The summed E-state index contributed by atoms with van der Waals surface area (Å²) < 4.78 is 7.80. The highest BCUT2D eigenvalue weighted by molar-refractivity contribution is 14.0. The maximum Gasteiger partial charge on any atom is 0.213 e. The first-order valence-electron chi connectivity index (χ1n) is 9.04. The predicted octanol–water partition coefficient (Wildman–Crippen LogP) is 3.05. The van der Waals surface area contributed by atoms with Crippen molar-refractivity contribution in [1.82, 2.24) is 20.2 Å². The molecule has 2 heterocycles. The number of guanidine groups is 1. The quantitative estimate of drug-likeness (QED) is 0.337. The van der Waals surface area contributed by atoms with Crippen LogP contribution >= 0.6 is 24.0 Å².